The van der Waals surface area contributed by atoms with E-state index in [-0.39, 0.29) is 24.5 Å². The van der Waals surface area contributed by atoms with Gasteiger partial charge < -0.3 is 14.5 Å². The first kappa shape index (κ1) is 17.8. The van der Waals surface area contributed by atoms with Crippen molar-refractivity contribution in [2.24, 2.45) is 0 Å². The van der Waals surface area contributed by atoms with Gasteiger partial charge in [-0.2, -0.15) is 0 Å². The molecule has 2 fully saturated rings. The van der Waals surface area contributed by atoms with E-state index in [1.54, 1.807) is 26.6 Å². The van der Waals surface area contributed by atoms with Gasteiger partial charge in [-0.05, 0) is 24.1 Å². The fraction of sp³-hybridized carbons (Fsp3) is 0.333. The van der Waals surface area contributed by atoms with E-state index in [1.807, 2.05) is 49.6 Å². The minimum Gasteiger partial charge on any atom is -0.364 e. The maximum Gasteiger partial charge on any atom is 0.257 e. The number of benzene rings is 1. The highest BCUT2D eigenvalue weighted by atomic mass is 16.5. The van der Waals surface area contributed by atoms with Crippen molar-refractivity contribution in [3.8, 4) is 0 Å². The average Bonchev–Trinajstić information content (AvgIpc) is 3.25. The first-order chi connectivity index (χ1) is 14.1. The van der Waals surface area contributed by atoms with Crippen LogP contribution in [0.15, 0.2) is 55.0 Å². The summed E-state index contributed by atoms with van der Waals surface area (Å²) < 4.78 is 7.72. The zero-order valence-corrected chi connectivity index (χ0v) is 16.1. The van der Waals surface area contributed by atoms with Crippen molar-refractivity contribution in [2.45, 2.75) is 18.1 Å². The van der Waals surface area contributed by atoms with Crippen LogP contribution in [0.5, 0.6) is 0 Å². The maximum atomic E-state index is 13.3. The fourth-order valence-electron chi connectivity index (χ4n) is 4.60. The number of likely N-dealkylation sites (N-methyl/N-ethyl adjacent to an activating group) is 1. The van der Waals surface area contributed by atoms with Crippen LogP contribution in [0.3, 0.4) is 0 Å². The van der Waals surface area contributed by atoms with Crippen LogP contribution in [0.4, 0.5) is 0 Å². The van der Waals surface area contributed by atoms with Gasteiger partial charge in [-0.3, -0.25) is 14.0 Å². The molecule has 0 aliphatic carbocycles. The van der Waals surface area contributed by atoms with E-state index >= 15 is 0 Å². The molecule has 2 aliphatic rings. The summed E-state index contributed by atoms with van der Waals surface area (Å²) in [6.07, 6.45) is 3.69. The van der Waals surface area contributed by atoms with Crippen molar-refractivity contribution in [2.75, 3.05) is 26.7 Å². The summed E-state index contributed by atoms with van der Waals surface area (Å²) in [6, 6.07) is 13.5. The van der Waals surface area contributed by atoms with Gasteiger partial charge in [0.15, 0.2) is 5.65 Å². The Hall–Kier alpha value is -3.26. The lowest BCUT2D eigenvalue weighted by molar-refractivity contribution is -0.180. The molecule has 4 heterocycles. The molecule has 0 unspecified atom stereocenters. The van der Waals surface area contributed by atoms with Crippen molar-refractivity contribution >= 4 is 17.5 Å². The zero-order chi connectivity index (χ0) is 20.0. The first-order valence-corrected chi connectivity index (χ1v) is 9.62. The number of hydrogen-bond acceptors (Lipinski definition) is 5. The molecule has 0 bridgehead atoms. The first-order valence-electron chi connectivity index (χ1n) is 9.62. The predicted octanol–water partition coefficient (Wildman–Crippen LogP) is 1.33. The van der Waals surface area contributed by atoms with E-state index in [9.17, 15) is 9.59 Å². The second-order valence-electron chi connectivity index (χ2n) is 7.53. The van der Waals surface area contributed by atoms with E-state index in [4.69, 9.17) is 4.74 Å². The van der Waals surface area contributed by atoms with E-state index in [0.717, 1.165) is 5.56 Å². The van der Waals surface area contributed by atoms with Gasteiger partial charge in [0.1, 0.15) is 19.0 Å². The minimum atomic E-state index is -0.575. The predicted molar refractivity (Wildman–Crippen MR) is 104 cm³/mol. The van der Waals surface area contributed by atoms with E-state index in [2.05, 4.69) is 10.2 Å². The molecule has 148 valence electrons. The Morgan fingerprint density at radius 1 is 1.21 bits per heavy atom. The number of carbonyl (C=O) groups excluding carboxylic acids is 2. The highest BCUT2D eigenvalue weighted by Crippen LogP contribution is 2.42. The van der Waals surface area contributed by atoms with Crippen LogP contribution in [0.25, 0.3) is 5.65 Å². The summed E-state index contributed by atoms with van der Waals surface area (Å²) in [6.45, 7) is 0.943. The molecule has 29 heavy (non-hydrogen) atoms. The second kappa shape index (κ2) is 6.66. The zero-order valence-electron chi connectivity index (χ0n) is 16.1. The molecule has 1 aromatic carbocycles. The lowest BCUT2D eigenvalue weighted by Gasteiger charge is -2.54. The Morgan fingerprint density at radius 3 is 2.86 bits per heavy atom. The minimum absolute atomic E-state index is 0.0253. The van der Waals surface area contributed by atoms with Gasteiger partial charge >= 0.3 is 0 Å². The smallest absolute Gasteiger partial charge is 0.257 e. The van der Waals surface area contributed by atoms with Gasteiger partial charge in [0, 0.05) is 26.3 Å². The number of ether oxygens (including phenoxy) is 1. The van der Waals surface area contributed by atoms with Crippen LogP contribution in [0.1, 0.15) is 22.3 Å². The summed E-state index contributed by atoms with van der Waals surface area (Å²) in [5.74, 6) is -0.147. The monoisotopic (exact) mass is 391 g/mol. The molecule has 2 aliphatic heterocycles. The Kier molecular flexibility index (Phi) is 4.09. The molecular weight excluding hydrogens is 370 g/mol. The molecular formula is C21H21N5O3. The molecule has 2 amide bonds. The third-order valence-corrected chi connectivity index (χ3v) is 6.18. The summed E-state index contributed by atoms with van der Waals surface area (Å²) in [7, 11) is 1.83. The number of aromatic nitrogens is 3. The van der Waals surface area contributed by atoms with Crippen molar-refractivity contribution in [1.82, 2.24) is 24.4 Å². The number of nitrogens with zero attached hydrogens (tertiary/aromatic N) is 5. The molecule has 0 spiro atoms. The lowest BCUT2D eigenvalue weighted by atomic mass is 9.76. The van der Waals surface area contributed by atoms with E-state index in [1.165, 1.54) is 0 Å². The van der Waals surface area contributed by atoms with Crippen LogP contribution in [0, 0.1) is 0 Å². The number of hydrogen-bond donors (Lipinski definition) is 0. The summed E-state index contributed by atoms with van der Waals surface area (Å²) in [5.41, 5.74) is 1.51. The molecule has 0 N–H and O–H groups in total. The van der Waals surface area contributed by atoms with Gasteiger partial charge in [0.05, 0.1) is 11.1 Å². The third kappa shape index (κ3) is 2.63. The van der Waals surface area contributed by atoms with Crippen molar-refractivity contribution in [3.05, 3.63) is 66.1 Å². The van der Waals surface area contributed by atoms with Gasteiger partial charge in [-0.1, -0.05) is 30.3 Å². The quantitative estimate of drug-likeness (QED) is 0.658. The molecule has 8 heteroatoms. The Balaban J connectivity index is 1.49. The molecule has 2 saturated heterocycles. The summed E-state index contributed by atoms with van der Waals surface area (Å²) >= 11 is 0. The van der Waals surface area contributed by atoms with Gasteiger partial charge in [0.25, 0.3) is 5.91 Å². The molecule has 0 saturated carbocycles. The Labute approximate surface area is 167 Å². The van der Waals surface area contributed by atoms with Crippen LogP contribution < -0.4 is 0 Å². The Bertz CT molecular complexity index is 1080. The van der Waals surface area contributed by atoms with Gasteiger partial charge in [0.2, 0.25) is 5.91 Å². The SMILES string of the molecule is CN1C(=O)CO[C@@H]2CN(C(=O)c3cccn4cnnc34)CC[C@]21c1ccccc1. The average molecular weight is 391 g/mol. The summed E-state index contributed by atoms with van der Waals surface area (Å²) in [4.78, 5) is 29.4. The number of carbonyl (C=O) groups is 2. The van der Waals surface area contributed by atoms with Crippen molar-refractivity contribution < 1.29 is 14.3 Å². The number of amides is 2. The van der Waals surface area contributed by atoms with E-state index in [0.29, 0.717) is 30.7 Å². The molecule has 0 radical (unpaired) electrons. The number of likely N-dealkylation sites (tertiary alicyclic amines) is 1. The number of piperidine rings is 1. The third-order valence-electron chi connectivity index (χ3n) is 6.18. The molecule has 3 aromatic rings. The standard InChI is InChI=1S/C21H21N5O3/c1-24-18(27)13-29-17-12-25(11-9-21(17,24)15-6-3-2-4-7-15)20(28)16-8-5-10-26-14-22-23-19(16)26/h2-8,10,14,17H,9,11-13H2,1H3/t17-,21+/m1/s1. The largest absolute Gasteiger partial charge is 0.364 e. The number of rotatable bonds is 2. The highest BCUT2D eigenvalue weighted by molar-refractivity contribution is 5.99. The molecule has 2 aromatic heterocycles. The van der Waals surface area contributed by atoms with Crippen molar-refractivity contribution in [1.29, 1.82) is 0 Å². The maximum absolute atomic E-state index is 13.3. The normalized spacial score (nSPS) is 24.6. The topological polar surface area (TPSA) is 80.0 Å². The highest BCUT2D eigenvalue weighted by Gasteiger charge is 2.53. The number of pyridine rings is 1. The van der Waals surface area contributed by atoms with Crippen LogP contribution in [-0.2, 0) is 15.1 Å². The molecule has 5 rings (SSSR count). The number of morpholine rings is 1. The van der Waals surface area contributed by atoms with Gasteiger partial charge in [-0.25, -0.2) is 0 Å². The fourth-order valence-corrected chi connectivity index (χ4v) is 4.60. The lowest BCUT2D eigenvalue weighted by Crippen LogP contribution is -2.67. The second-order valence-corrected chi connectivity index (χ2v) is 7.53. The Morgan fingerprint density at radius 2 is 2.03 bits per heavy atom. The summed E-state index contributed by atoms with van der Waals surface area (Å²) in [5, 5.41) is 7.98. The van der Waals surface area contributed by atoms with Crippen molar-refractivity contribution in [3.63, 3.8) is 0 Å². The van der Waals surface area contributed by atoms with Gasteiger partial charge in [-0.15, -0.1) is 10.2 Å². The van der Waals surface area contributed by atoms with E-state index < -0.39 is 5.54 Å². The van der Waals surface area contributed by atoms with Crippen LogP contribution >= 0.6 is 0 Å². The molecule has 8 nitrogen and oxygen atoms in total. The molecule has 2 atom stereocenters. The van der Waals surface area contributed by atoms with Crippen LogP contribution in [0.2, 0.25) is 0 Å². The van der Waals surface area contributed by atoms with Crippen LogP contribution in [-0.4, -0.2) is 69.1 Å². The number of fused-ring (bicyclic) bond motifs is 2.